The topological polar surface area (TPSA) is 20.3 Å². The number of aryl methyl sites for hydroxylation is 1. The molecule has 1 atom stereocenters. The third kappa shape index (κ3) is 4.17. The van der Waals surface area contributed by atoms with Crippen LogP contribution in [0.5, 0.6) is 0 Å². The van der Waals surface area contributed by atoms with Crippen molar-refractivity contribution in [1.82, 2.24) is 4.90 Å². The zero-order valence-corrected chi connectivity index (χ0v) is 12.1. The molecule has 0 aliphatic heterocycles. The highest BCUT2D eigenvalue weighted by Gasteiger charge is 2.16. The molecule has 0 aromatic heterocycles. The van der Waals surface area contributed by atoms with Crippen LogP contribution in [0.4, 0.5) is 0 Å². The van der Waals surface area contributed by atoms with E-state index in [2.05, 4.69) is 31.2 Å². The summed E-state index contributed by atoms with van der Waals surface area (Å²) in [6, 6.07) is 8.50. The number of hydrogen-bond donors (Lipinski definition) is 0. The molecule has 1 unspecified atom stereocenters. The Hall–Kier alpha value is -1.31. The largest absolute Gasteiger partial charge is 0.348 e. The van der Waals surface area contributed by atoms with Crippen LogP contribution in [0.2, 0.25) is 0 Å². The zero-order chi connectivity index (χ0) is 13.5. The van der Waals surface area contributed by atoms with E-state index in [9.17, 15) is 4.79 Å². The fourth-order valence-corrected chi connectivity index (χ4v) is 2.08. The molecule has 0 saturated carbocycles. The van der Waals surface area contributed by atoms with E-state index in [1.54, 1.807) is 19.0 Å². The molecule has 0 bridgehead atoms. The second kappa shape index (κ2) is 7.20. The lowest BCUT2D eigenvalue weighted by Gasteiger charge is -2.17. The molecule has 0 N–H and O–H groups in total. The van der Waals surface area contributed by atoms with Crippen molar-refractivity contribution in [3.05, 3.63) is 35.4 Å². The zero-order valence-electron chi connectivity index (χ0n) is 12.1. The lowest BCUT2D eigenvalue weighted by Crippen LogP contribution is -2.26. The van der Waals surface area contributed by atoms with Gasteiger partial charge in [0.05, 0.1) is 5.92 Å². The first-order chi connectivity index (χ1) is 8.56. The van der Waals surface area contributed by atoms with Crippen molar-refractivity contribution in [2.24, 2.45) is 0 Å². The Morgan fingerprint density at radius 1 is 1.17 bits per heavy atom. The van der Waals surface area contributed by atoms with Gasteiger partial charge < -0.3 is 4.90 Å². The van der Waals surface area contributed by atoms with Crippen LogP contribution in [-0.4, -0.2) is 24.9 Å². The van der Waals surface area contributed by atoms with Gasteiger partial charge in [-0.25, -0.2) is 0 Å². The number of nitrogens with zero attached hydrogens (tertiary/aromatic N) is 1. The summed E-state index contributed by atoms with van der Waals surface area (Å²) in [6.07, 6.45) is 4.94. The van der Waals surface area contributed by atoms with Crippen molar-refractivity contribution in [3.63, 3.8) is 0 Å². The van der Waals surface area contributed by atoms with Crippen molar-refractivity contribution in [1.29, 1.82) is 0 Å². The molecule has 18 heavy (non-hydrogen) atoms. The van der Waals surface area contributed by atoms with Gasteiger partial charge in [0.2, 0.25) is 5.91 Å². The Balaban J connectivity index is 2.62. The van der Waals surface area contributed by atoms with Gasteiger partial charge in [-0.3, -0.25) is 4.79 Å². The Labute approximate surface area is 111 Å². The SMILES string of the molecule is CCCCCc1ccc(C(C)C(=O)N(C)C)cc1. The van der Waals surface area contributed by atoms with E-state index in [0.29, 0.717) is 0 Å². The number of amides is 1. The summed E-state index contributed by atoms with van der Waals surface area (Å²) in [5.41, 5.74) is 2.48. The number of hydrogen-bond acceptors (Lipinski definition) is 1. The highest BCUT2D eigenvalue weighted by Crippen LogP contribution is 2.18. The Kier molecular flexibility index (Phi) is 5.90. The van der Waals surface area contributed by atoms with Crippen LogP contribution in [0.3, 0.4) is 0 Å². The van der Waals surface area contributed by atoms with E-state index < -0.39 is 0 Å². The van der Waals surface area contributed by atoms with E-state index in [1.165, 1.54) is 24.8 Å². The third-order valence-electron chi connectivity index (χ3n) is 3.36. The molecular weight excluding hydrogens is 222 g/mol. The van der Waals surface area contributed by atoms with Gasteiger partial charge >= 0.3 is 0 Å². The predicted octanol–water partition coefficient (Wildman–Crippen LogP) is 3.61. The second-order valence-corrected chi connectivity index (χ2v) is 5.15. The molecule has 1 amide bonds. The summed E-state index contributed by atoms with van der Waals surface area (Å²) in [7, 11) is 3.61. The molecule has 2 nitrogen and oxygen atoms in total. The molecule has 0 saturated heterocycles. The second-order valence-electron chi connectivity index (χ2n) is 5.15. The molecule has 2 heteroatoms. The standard InChI is InChI=1S/C16H25NO/c1-5-6-7-8-14-9-11-15(12-10-14)13(2)16(18)17(3)4/h9-13H,5-8H2,1-4H3. The molecule has 0 radical (unpaired) electrons. The normalized spacial score (nSPS) is 12.2. The third-order valence-corrected chi connectivity index (χ3v) is 3.36. The van der Waals surface area contributed by atoms with E-state index in [4.69, 9.17) is 0 Å². The average Bonchev–Trinajstić information content (AvgIpc) is 2.38. The maximum atomic E-state index is 11.9. The molecule has 1 rings (SSSR count). The summed E-state index contributed by atoms with van der Waals surface area (Å²) in [5, 5.41) is 0. The van der Waals surface area contributed by atoms with Gasteiger partial charge in [0, 0.05) is 14.1 Å². The quantitative estimate of drug-likeness (QED) is 0.703. The number of carbonyl (C=O) groups is 1. The first kappa shape index (κ1) is 14.7. The molecule has 0 aliphatic rings. The molecule has 0 spiro atoms. The average molecular weight is 247 g/mol. The minimum atomic E-state index is -0.0512. The summed E-state index contributed by atoms with van der Waals surface area (Å²) in [4.78, 5) is 13.5. The lowest BCUT2D eigenvalue weighted by atomic mass is 9.97. The highest BCUT2D eigenvalue weighted by atomic mass is 16.2. The maximum absolute atomic E-state index is 11.9. The van der Waals surface area contributed by atoms with Crippen molar-refractivity contribution in [2.45, 2.75) is 45.4 Å². The summed E-state index contributed by atoms with van der Waals surface area (Å²) in [6.45, 7) is 4.19. The van der Waals surface area contributed by atoms with Crippen LogP contribution < -0.4 is 0 Å². The maximum Gasteiger partial charge on any atom is 0.229 e. The minimum absolute atomic E-state index is 0.0512. The minimum Gasteiger partial charge on any atom is -0.348 e. The van der Waals surface area contributed by atoms with Gasteiger partial charge in [0.15, 0.2) is 0 Å². The van der Waals surface area contributed by atoms with E-state index >= 15 is 0 Å². The van der Waals surface area contributed by atoms with Crippen LogP contribution >= 0.6 is 0 Å². The van der Waals surface area contributed by atoms with Gasteiger partial charge in [-0.1, -0.05) is 44.0 Å². The van der Waals surface area contributed by atoms with Crippen molar-refractivity contribution >= 4 is 5.91 Å². The molecule has 0 heterocycles. The van der Waals surface area contributed by atoms with Crippen molar-refractivity contribution in [2.75, 3.05) is 14.1 Å². The fourth-order valence-electron chi connectivity index (χ4n) is 2.08. The molecular formula is C16H25NO. The molecule has 0 fully saturated rings. The smallest absolute Gasteiger partial charge is 0.229 e. The van der Waals surface area contributed by atoms with Gasteiger partial charge in [-0.2, -0.15) is 0 Å². The van der Waals surface area contributed by atoms with Crippen molar-refractivity contribution in [3.8, 4) is 0 Å². The summed E-state index contributed by atoms with van der Waals surface area (Å²) in [5.74, 6) is 0.110. The van der Waals surface area contributed by atoms with Gasteiger partial charge in [-0.15, -0.1) is 0 Å². The molecule has 1 aromatic rings. The van der Waals surface area contributed by atoms with Gasteiger partial charge in [-0.05, 0) is 30.9 Å². The highest BCUT2D eigenvalue weighted by molar-refractivity contribution is 5.82. The van der Waals surface area contributed by atoms with Crippen LogP contribution in [0, 0.1) is 0 Å². The monoisotopic (exact) mass is 247 g/mol. The Morgan fingerprint density at radius 2 is 1.78 bits per heavy atom. The van der Waals surface area contributed by atoms with Crippen molar-refractivity contribution < 1.29 is 4.79 Å². The Morgan fingerprint density at radius 3 is 2.28 bits per heavy atom. The number of likely N-dealkylation sites (N-methyl/N-ethyl adjacent to an activating group) is 1. The van der Waals surface area contributed by atoms with Crippen LogP contribution in [-0.2, 0) is 11.2 Å². The van der Waals surface area contributed by atoms with Gasteiger partial charge in [0.25, 0.3) is 0 Å². The number of carbonyl (C=O) groups excluding carboxylic acids is 1. The van der Waals surface area contributed by atoms with Crippen LogP contribution in [0.1, 0.15) is 50.2 Å². The number of benzene rings is 1. The Bertz CT molecular complexity index is 367. The number of unbranched alkanes of at least 4 members (excludes halogenated alkanes) is 2. The number of rotatable bonds is 6. The molecule has 0 aliphatic carbocycles. The molecule has 1 aromatic carbocycles. The first-order valence-corrected chi connectivity index (χ1v) is 6.86. The van der Waals surface area contributed by atoms with Crippen LogP contribution in [0.25, 0.3) is 0 Å². The van der Waals surface area contributed by atoms with E-state index in [0.717, 1.165) is 12.0 Å². The predicted molar refractivity (Wildman–Crippen MR) is 76.8 cm³/mol. The van der Waals surface area contributed by atoms with E-state index in [-0.39, 0.29) is 11.8 Å². The summed E-state index contributed by atoms with van der Waals surface area (Å²) < 4.78 is 0. The van der Waals surface area contributed by atoms with E-state index in [1.807, 2.05) is 6.92 Å². The lowest BCUT2D eigenvalue weighted by molar-refractivity contribution is -0.129. The van der Waals surface area contributed by atoms with Gasteiger partial charge in [0.1, 0.15) is 0 Å². The first-order valence-electron chi connectivity index (χ1n) is 6.86. The fraction of sp³-hybridized carbons (Fsp3) is 0.562. The van der Waals surface area contributed by atoms with Crippen LogP contribution in [0.15, 0.2) is 24.3 Å². The molecule has 100 valence electrons. The summed E-state index contributed by atoms with van der Waals surface area (Å²) >= 11 is 0.